The molecule has 0 bridgehead atoms. The summed E-state index contributed by atoms with van der Waals surface area (Å²) in [7, 11) is 1.86. The Bertz CT molecular complexity index is 322. The molecule has 2 fully saturated rings. The van der Waals surface area contributed by atoms with E-state index in [1.165, 1.54) is 12.8 Å². The second kappa shape index (κ2) is 7.41. The highest BCUT2D eigenvalue weighted by Crippen LogP contribution is 2.28. The average molecular weight is 282 g/mol. The van der Waals surface area contributed by atoms with E-state index < -0.39 is 0 Å². The van der Waals surface area contributed by atoms with E-state index in [1.807, 2.05) is 7.05 Å². The van der Waals surface area contributed by atoms with Gasteiger partial charge in [-0.25, -0.2) is 0 Å². The highest BCUT2D eigenvalue weighted by molar-refractivity contribution is 5.76. The zero-order chi connectivity index (χ0) is 14.5. The maximum Gasteiger partial charge on any atom is 0.222 e. The second-order valence-electron chi connectivity index (χ2n) is 6.76. The third-order valence-corrected chi connectivity index (χ3v) is 5.17. The summed E-state index contributed by atoms with van der Waals surface area (Å²) in [6, 6.07) is 0.367. The second-order valence-corrected chi connectivity index (χ2v) is 6.76. The molecule has 2 aliphatic carbocycles. The van der Waals surface area contributed by atoms with Crippen LogP contribution in [0.25, 0.3) is 0 Å². The van der Waals surface area contributed by atoms with Crippen molar-refractivity contribution in [1.82, 2.24) is 4.90 Å². The number of aliphatic hydroxyl groups excluding tert-OH is 1. The molecule has 116 valence electrons. The Labute approximate surface area is 122 Å². The third kappa shape index (κ3) is 4.19. The van der Waals surface area contributed by atoms with Crippen molar-refractivity contribution < 1.29 is 9.90 Å². The molecule has 2 aliphatic rings. The molecule has 4 nitrogen and oxygen atoms in total. The number of hydrogen-bond donors (Lipinski definition) is 2. The summed E-state index contributed by atoms with van der Waals surface area (Å²) in [5, 5.41) is 10.0. The minimum atomic E-state index is -0.333. The largest absolute Gasteiger partial charge is 0.391 e. The van der Waals surface area contributed by atoms with Crippen LogP contribution in [0.4, 0.5) is 0 Å². The van der Waals surface area contributed by atoms with Crippen molar-refractivity contribution in [2.24, 2.45) is 11.7 Å². The van der Waals surface area contributed by atoms with E-state index in [2.05, 4.69) is 0 Å². The minimum Gasteiger partial charge on any atom is -0.391 e. The molecule has 0 aromatic rings. The smallest absolute Gasteiger partial charge is 0.222 e. The van der Waals surface area contributed by atoms with Gasteiger partial charge < -0.3 is 15.7 Å². The van der Waals surface area contributed by atoms with Crippen LogP contribution < -0.4 is 5.73 Å². The van der Waals surface area contributed by atoms with E-state index in [0.717, 1.165) is 44.9 Å². The van der Waals surface area contributed by atoms with Crippen LogP contribution in [0.5, 0.6) is 0 Å². The Hall–Kier alpha value is -0.610. The summed E-state index contributed by atoms with van der Waals surface area (Å²) in [5.74, 6) is 0.808. The van der Waals surface area contributed by atoms with Gasteiger partial charge in [0.25, 0.3) is 0 Å². The molecule has 0 radical (unpaired) electrons. The number of likely N-dealkylation sites (N-methyl/N-ethyl adjacent to an activating group) is 1. The van der Waals surface area contributed by atoms with Crippen molar-refractivity contribution in [2.45, 2.75) is 82.4 Å². The molecule has 2 rings (SSSR count). The van der Waals surface area contributed by atoms with Crippen LogP contribution in [0.3, 0.4) is 0 Å². The molecule has 0 aromatic heterocycles. The molecule has 0 heterocycles. The first kappa shape index (κ1) is 15.8. The van der Waals surface area contributed by atoms with Gasteiger partial charge in [0, 0.05) is 19.5 Å². The van der Waals surface area contributed by atoms with Gasteiger partial charge in [0.1, 0.15) is 0 Å². The molecule has 0 aromatic carbocycles. The molecule has 0 spiro atoms. The summed E-state index contributed by atoms with van der Waals surface area (Å²) in [4.78, 5) is 14.1. The minimum absolute atomic E-state index is 0.0323. The van der Waals surface area contributed by atoms with Crippen LogP contribution in [-0.4, -0.2) is 41.1 Å². The molecule has 4 heteroatoms. The van der Waals surface area contributed by atoms with Gasteiger partial charge in [-0.15, -0.1) is 0 Å². The Balaban J connectivity index is 1.75. The number of nitrogens with zero attached hydrogens (tertiary/aromatic N) is 1. The molecular formula is C16H30N2O2. The molecule has 0 aliphatic heterocycles. The van der Waals surface area contributed by atoms with Crippen LogP contribution in [0.15, 0.2) is 0 Å². The first-order chi connectivity index (χ1) is 9.58. The van der Waals surface area contributed by atoms with Gasteiger partial charge in [-0.05, 0) is 38.0 Å². The van der Waals surface area contributed by atoms with Crippen LogP contribution in [0.2, 0.25) is 0 Å². The summed E-state index contributed by atoms with van der Waals surface area (Å²) in [5.41, 5.74) is 6.00. The maximum absolute atomic E-state index is 12.3. The highest BCUT2D eigenvalue weighted by atomic mass is 16.3. The van der Waals surface area contributed by atoms with Crippen molar-refractivity contribution >= 4 is 5.91 Å². The third-order valence-electron chi connectivity index (χ3n) is 5.17. The van der Waals surface area contributed by atoms with Crippen LogP contribution >= 0.6 is 0 Å². The highest BCUT2D eigenvalue weighted by Gasteiger charge is 2.29. The zero-order valence-corrected chi connectivity index (χ0v) is 12.8. The van der Waals surface area contributed by atoms with E-state index in [-0.39, 0.29) is 18.1 Å². The molecular weight excluding hydrogens is 252 g/mol. The lowest BCUT2D eigenvalue weighted by Gasteiger charge is -2.35. The number of amides is 1. The first-order valence-electron chi connectivity index (χ1n) is 8.27. The number of aliphatic hydroxyl groups is 1. The van der Waals surface area contributed by atoms with E-state index in [0.29, 0.717) is 18.4 Å². The fraction of sp³-hybridized carbons (Fsp3) is 0.938. The normalized spacial score (nSPS) is 34.8. The van der Waals surface area contributed by atoms with Gasteiger partial charge in [-0.1, -0.05) is 25.7 Å². The van der Waals surface area contributed by atoms with E-state index in [9.17, 15) is 9.90 Å². The zero-order valence-electron chi connectivity index (χ0n) is 12.8. The fourth-order valence-corrected chi connectivity index (χ4v) is 3.83. The van der Waals surface area contributed by atoms with Gasteiger partial charge in [0.15, 0.2) is 0 Å². The van der Waals surface area contributed by atoms with E-state index >= 15 is 0 Å². The van der Waals surface area contributed by atoms with Crippen molar-refractivity contribution in [1.29, 1.82) is 0 Å². The number of carbonyl (C=O) groups excluding carboxylic acids is 1. The molecule has 2 saturated carbocycles. The lowest BCUT2D eigenvalue weighted by molar-refractivity contribution is -0.135. The van der Waals surface area contributed by atoms with Crippen LogP contribution in [-0.2, 0) is 4.79 Å². The standard InChI is InChI=1S/C16H30N2O2/c1-18(14-7-2-3-8-15(14)19)16(20)10-9-12-5-4-6-13(17)11-12/h12-15,19H,2-11,17H2,1H3. The first-order valence-corrected chi connectivity index (χ1v) is 8.27. The average Bonchev–Trinajstić information content (AvgIpc) is 2.44. The summed E-state index contributed by atoms with van der Waals surface area (Å²) < 4.78 is 0. The summed E-state index contributed by atoms with van der Waals surface area (Å²) in [6.45, 7) is 0. The molecule has 20 heavy (non-hydrogen) atoms. The van der Waals surface area contributed by atoms with Gasteiger partial charge in [-0.2, -0.15) is 0 Å². The van der Waals surface area contributed by atoms with Gasteiger partial charge in [-0.3, -0.25) is 4.79 Å². The summed E-state index contributed by atoms with van der Waals surface area (Å²) >= 11 is 0. The Morgan fingerprint density at radius 1 is 1.20 bits per heavy atom. The Kier molecular flexibility index (Phi) is 5.85. The topological polar surface area (TPSA) is 66.6 Å². The van der Waals surface area contributed by atoms with E-state index in [4.69, 9.17) is 5.73 Å². The SMILES string of the molecule is CN(C(=O)CCC1CCCC(N)C1)C1CCCCC1O. The van der Waals surface area contributed by atoms with E-state index in [1.54, 1.807) is 4.90 Å². The summed E-state index contributed by atoms with van der Waals surface area (Å²) in [6.07, 6.45) is 9.85. The lowest BCUT2D eigenvalue weighted by atomic mass is 9.83. The number of rotatable bonds is 4. The predicted molar refractivity (Wildman–Crippen MR) is 80.2 cm³/mol. The quantitative estimate of drug-likeness (QED) is 0.829. The van der Waals surface area contributed by atoms with Gasteiger partial charge in [0.05, 0.1) is 12.1 Å². The molecule has 0 saturated heterocycles. The number of nitrogens with two attached hydrogens (primary N) is 1. The van der Waals surface area contributed by atoms with Crippen LogP contribution in [0.1, 0.15) is 64.2 Å². The molecule has 3 N–H and O–H groups in total. The van der Waals surface area contributed by atoms with Crippen molar-refractivity contribution in [3.05, 3.63) is 0 Å². The fourth-order valence-electron chi connectivity index (χ4n) is 3.83. The van der Waals surface area contributed by atoms with Crippen molar-refractivity contribution in [3.8, 4) is 0 Å². The monoisotopic (exact) mass is 282 g/mol. The van der Waals surface area contributed by atoms with Gasteiger partial charge in [0.2, 0.25) is 5.91 Å². The lowest BCUT2D eigenvalue weighted by Crippen LogP contribution is -2.46. The Morgan fingerprint density at radius 2 is 1.95 bits per heavy atom. The van der Waals surface area contributed by atoms with Crippen molar-refractivity contribution in [3.63, 3.8) is 0 Å². The van der Waals surface area contributed by atoms with Gasteiger partial charge >= 0.3 is 0 Å². The number of carbonyl (C=O) groups is 1. The Morgan fingerprint density at radius 3 is 2.65 bits per heavy atom. The molecule has 4 atom stereocenters. The maximum atomic E-state index is 12.3. The van der Waals surface area contributed by atoms with Crippen LogP contribution in [0, 0.1) is 5.92 Å². The van der Waals surface area contributed by atoms with Crippen molar-refractivity contribution in [2.75, 3.05) is 7.05 Å². The molecule has 1 amide bonds. The predicted octanol–water partition coefficient (Wildman–Crippen LogP) is 2.05. The molecule has 4 unspecified atom stereocenters. The number of hydrogen-bond acceptors (Lipinski definition) is 3.